The van der Waals surface area contributed by atoms with Gasteiger partial charge in [-0.3, -0.25) is 0 Å². The summed E-state index contributed by atoms with van der Waals surface area (Å²) in [5.74, 6) is 1.18. The minimum absolute atomic E-state index is 0.0375. The van der Waals surface area contributed by atoms with Gasteiger partial charge < -0.3 is 9.47 Å². The number of rotatable bonds is 5. The molecule has 8 nitrogen and oxygen atoms in total. The van der Waals surface area contributed by atoms with E-state index in [9.17, 15) is 16.8 Å². The van der Waals surface area contributed by atoms with Crippen molar-refractivity contribution in [2.45, 2.75) is 15.9 Å². The molecule has 0 amide bonds. The second-order valence-electron chi connectivity index (χ2n) is 5.80. The fourth-order valence-electron chi connectivity index (χ4n) is 2.52. The van der Waals surface area contributed by atoms with Crippen LogP contribution in [0.3, 0.4) is 0 Å². The first-order valence-corrected chi connectivity index (χ1v) is 10.6. The van der Waals surface area contributed by atoms with E-state index in [1.807, 2.05) is 6.07 Å². The van der Waals surface area contributed by atoms with Crippen LogP contribution in [0.2, 0.25) is 0 Å². The minimum atomic E-state index is -3.88. The number of ether oxygens (including phenoxy) is 2. The fourth-order valence-corrected chi connectivity index (χ4v) is 4.24. The molecule has 1 unspecified atom stereocenters. The summed E-state index contributed by atoms with van der Waals surface area (Å²) < 4.78 is 60.4. The molecule has 1 heterocycles. The number of hydrogen-bond donors (Lipinski definition) is 1. The molecule has 0 aromatic heterocycles. The van der Waals surface area contributed by atoms with Gasteiger partial charge in [-0.25, -0.2) is 22.0 Å². The van der Waals surface area contributed by atoms with Crippen LogP contribution in [0.5, 0.6) is 11.5 Å². The summed E-state index contributed by atoms with van der Waals surface area (Å²) in [6, 6.07) is 11.9. The number of nitrogens with two attached hydrogens (primary N) is 1. The van der Waals surface area contributed by atoms with E-state index < -0.39 is 26.2 Å². The molecule has 1 atom stereocenters. The molecule has 26 heavy (non-hydrogen) atoms. The average Bonchev–Trinajstić information content (AvgIpc) is 2.61. The van der Waals surface area contributed by atoms with Crippen LogP contribution in [0, 0.1) is 0 Å². The summed E-state index contributed by atoms with van der Waals surface area (Å²) in [4.78, 5) is -0.191. The zero-order valence-corrected chi connectivity index (χ0v) is 15.5. The Hall–Kier alpha value is -2.14. The summed E-state index contributed by atoms with van der Waals surface area (Å²) in [7, 11) is -6.27. The fraction of sp³-hybridized carbons (Fsp3) is 0.250. The molecule has 3 rings (SSSR count). The molecular formula is C16H18N2O6S2. The van der Waals surface area contributed by atoms with Crippen molar-refractivity contribution in [3.8, 4) is 11.5 Å². The summed E-state index contributed by atoms with van der Waals surface area (Å²) in [6.07, 6.45) is -0.464. The van der Waals surface area contributed by atoms with Crippen molar-refractivity contribution in [1.29, 1.82) is 0 Å². The zero-order chi connectivity index (χ0) is 18.9. The van der Waals surface area contributed by atoms with Crippen LogP contribution in [0.1, 0.15) is 0 Å². The van der Waals surface area contributed by atoms with Crippen molar-refractivity contribution in [1.82, 2.24) is 4.31 Å². The van der Waals surface area contributed by atoms with Crippen molar-refractivity contribution in [2.75, 3.05) is 20.2 Å². The van der Waals surface area contributed by atoms with Gasteiger partial charge in [-0.2, -0.15) is 4.31 Å². The van der Waals surface area contributed by atoms with Crippen molar-refractivity contribution < 1.29 is 26.3 Å². The van der Waals surface area contributed by atoms with Crippen molar-refractivity contribution >= 4 is 20.0 Å². The molecule has 2 aromatic carbocycles. The van der Waals surface area contributed by atoms with Gasteiger partial charge in [0.2, 0.25) is 20.0 Å². The van der Waals surface area contributed by atoms with Gasteiger partial charge in [-0.15, -0.1) is 0 Å². The van der Waals surface area contributed by atoms with Crippen LogP contribution in [-0.2, 0) is 20.0 Å². The maximum absolute atomic E-state index is 12.7. The van der Waals surface area contributed by atoms with Gasteiger partial charge in [0.25, 0.3) is 0 Å². The smallest absolute Gasteiger partial charge is 0.242 e. The molecule has 0 radical (unpaired) electrons. The lowest BCUT2D eigenvalue weighted by atomic mass is 10.2. The van der Waals surface area contributed by atoms with E-state index in [1.54, 1.807) is 18.2 Å². The third-order valence-corrected chi connectivity index (χ3v) is 6.66. The van der Waals surface area contributed by atoms with E-state index >= 15 is 0 Å². The van der Waals surface area contributed by atoms with Crippen molar-refractivity contribution in [3.63, 3.8) is 0 Å². The summed E-state index contributed by atoms with van der Waals surface area (Å²) >= 11 is 0. The van der Waals surface area contributed by atoms with Gasteiger partial charge in [0.1, 0.15) is 12.7 Å². The van der Waals surface area contributed by atoms with Gasteiger partial charge in [0.15, 0.2) is 11.5 Å². The molecule has 0 bridgehead atoms. The third kappa shape index (κ3) is 3.83. The Bertz CT molecular complexity index is 1000. The lowest BCUT2D eigenvalue weighted by molar-refractivity contribution is 0.0798. The molecule has 0 spiro atoms. The molecule has 0 fully saturated rings. The molecule has 1 aliphatic heterocycles. The van der Waals surface area contributed by atoms with Crippen LogP contribution in [0.4, 0.5) is 0 Å². The molecule has 140 valence electrons. The number of benzene rings is 2. The van der Waals surface area contributed by atoms with E-state index in [2.05, 4.69) is 0 Å². The van der Waals surface area contributed by atoms with Crippen LogP contribution < -0.4 is 14.6 Å². The number of sulfonamides is 2. The maximum atomic E-state index is 12.7. The highest BCUT2D eigenvalue weighted by atomic mass is 32.2. The van der Waals surface area contributed by atoms with Crippen molar-refractivity contribution in [3.05, 3.63) is 48.5 Å². The van der Waals surface area contributed by atoms with E-state index in [0.717, 1.165) is 16.4 Å². The lowest BCUT2D eigenvalue weighted by Crippen LogP contribution is -2.41. The predicted octanol–water partition coefficient (Wildman–Crippen LogP) is 0.795. The van der Waals surface area contributed by atoms with Gasteiger partial charge in [-0.1, -0.05) is 12.1 Å². The predicted molar refractivity (Wildman–Crippen MR) is 94.0 cm³/mol. The van der Waals surface area contributed by atoms with Gasteiger partial charge in [-0.05, 0) is 36.4 Å². The molecule has 2 aromatic rings. The van der Waals surface area contributed by atoms with Gasteiger partial charge >= 0.3 is 0 Å². The quantitative estimate of drug-likeness (QED) is 0.796. The highest BCUT2D eigenvalue weighted by Crippen LogP contribution is 2.31. The summed E-state index contributed by atoms with van der Waals surface area (Å²) in [5, 5.41) is 5.02. The minimum Gasteiger partial charge on any atom is -0.486 e. The third-order valence-electron chi connectivity index (χ3n) is 3.89. The molecule has 10 heteroatoms. The van der Waals surface area contributed by atoms with E-state index in [0.29, 0.717) is 11.5 Å². The molecule has 0 aliphatic carbocycles. The Morgan fingerprint density at radius 3 is 2.19 bits per heavy atom. The largest absolute Gasteiger partial charge is 0.486 e. The topological polar surface area (TPSA) is 116 Å². The molecule has 0 saturated heterocycles. The SMILES string of the molecule is CN(CC1COc2ccccc2O1)S(=O)(=O)c1ccc(S(N)(=O)=O)cc1. The molecule has 0 saturated carbocycles. The highest BCUT2D eigenvalue weighted by molar-refractivity contribution is 7.89. The number of nitrogens with zero attached hydrogens (tertiary/aromatic N) is 1. The van der Waals surface area contributed by atoms with Crippen LogP contribution in [0.25, 0.3) is 0 Å². The Morgan fingerprint density at radius 2 is 1.58 bits per heavy atom. The number of hydrogen-bond acceptors (Lipinski definition) is 6. The average molecular weight is 398 g/mol. The Labute approximate surface area is 152 Å². The molecular weight excluding hydrogens is 380 g/mol. The van der Waals surface area contributed by atoms with Crippen molar-refractivity contribution in [2.24, 2.45) is 5.14 Å². The Kier molecular flexibility index (Phi) is 4.93. The van der Waals surface area contributed by atoms with Gasteiger partial charge in [0, 0.05) is 7.05 Å². The van der Waals surface area contributed by atoms with E-state index in [1.165, 1.54) is 19.2 Å². The monoisotopic (exact) mass is 398 g/mol. The molecule has 2 N–H and O–H groups in total. The first-order valence-electron chi connectivity index (χ1n) is 7.65. The van der Waals surface area contributed by atoms with E-state index in [4.69, 9.17) is 14.6 Å². The standard InChI is InChI=1S/C16H18N2O6S2/c1-18(10-12-11-23-15-4-2-3-5-16(15)24-12)26(21,22)14-8-6-13(7-9-14)25(17,19)20/h2-9,12H,10-11H2,1H3,(H2,17,19,20). The second kappa shape index (κ2) is 6.88. The number of primary sulfonamides is 1. The van der Waals surface area contributed by atoms with E-state index in [-0.39, 0.29) is 22.9 Å². The van der Waals surface area contributed by atoms with Crippen LogP contribution >= 0.6 is 0 Å². The van der Waals surface area contributed by atoms with Crippen LogP contribution in [0.15, 0.2) is 58.3 Å². The number of fused-ring (bicyclic) bond motifs is 1. The zero-order valence-electron chi connectivity index (χ0n) is 13.9. The molecule has 1 aliphatic rings. The highest BCUT2D eigenvalue weighted by Gasteiger charge is 2.28. The first kappa shape index (κ1) is 18.6. The summed E-state index contributed by atoms with van der Waals surface area (Å²) in [6.45, 7) is 0.300. The normalized spacial score (nSPS) is 17.3. The Morgan fingerprint density at radius 1 is 1.00 bits per heavy atom. The van der Waals surface area contributed by atoms with Crippen LogP contribution in [-0.4, -0.2) is 47.4 Å². The summed E-state index contributed by atoms with van der Waals surface area (Å²) in [5.41, 5.74) is 0. The maximum Gasteiger partial charge on any atom is 0.242 e. The number of para-hydroxylation sites is 2. The lowest BCUT2D eigenvalue weighted by Gasteiger charge is -2.29. The number of likely N-dealkylation sites (N-methyl/N-ethyl adjacent to an activating group) is 1. The Balaban J connectivity index is 1.74. The first-order chi connectivity index (χ1) is 12.2. The second-order valence-corrected chi connectivity index (χ2v) is 9.41. The van der Waals surface area contributed by atoms with Gasteiger partial charge in [0.05, 0.1) is 16.3 Å².